The predicted octanol–water partition coefficient (Wildman–Crippen LogP) is 2.86. The topological polar surface area (TPSA) is 76.2 Å². The number of pyridine rings is 1. The van der Waals surface area contributed by atoms with E-state index in [9.17, 15) is 4.79 Å². The summed E-state index contributed by atoms with van der Waals surface area (Å²) in [5.41, 5.74) is 9.35. The van der Waals surface area contributed by atoms with Gasteiger partial charge in [-0.05, 0) is 30.2 Å². The first kappa shape index (κ1) is 14.2. The second kappa shape index (κ2) is 5.95. The quantitative estimate of drug-likeness (QED) is 0.775. The number of rotatable bonds is 4. The molecule has 3 aromatic rings. The lowest BCUT2D eigenvalue weighted by atomic mass is 10.0. The lowest BCUT2D eigenvalue weighted by Crippen LogP contribution is -2.32. The molecule has 0 radical (unpaired) electrons. The minimum atomic E-state index is -0.988. The van der Waals surface area contributed by atoms with Crippen LogP contribution in [0.4, 0.5) is 0 Å². The number of aliphatic carboxylic acids is 1. The van der Waals surface area contributed by atoms with Gasteiger partial charge in [0, 0.05) is 10.9 Å². The van der Waals surface area contributed by atoms with Gasteiger partial charge in [-0.1, -0.05) is 42.5 Å². The number of carboxylic acids is 1. The molecule has 22 heavy (non-hydrogen) atoms. The van der Waals surface area contributed by atoms with Crippen LogP contribution in [0, 0.1) is 0 Å². The molecule has 110 valence electrons. The highest BCUT2D eigenvalue weighted by Gasteiger charge is 2.12. The van der Waals surface area contributed by atoms with Crippen LogP contribution in [0.1, 0.15) is 5.56 Å². The molecule has 2 aromatic carbocycles. The van der Waals surface area contributed by atoms with E-state index in [2.05, 4.69) is 4.98 Å². The van der Waals surface area contributed by atoms with Crippen LogP contribution >= 0.6 is 0 Å². The second-order valence-corrected chi connectivity index (χ2v) is 5.24. The van der Waals surface area contributed by atoms with Crippen molar-refractivity contribution in [1.29, 1.82) is 0 Å². The van der Waals surface area contributed by atoms with Gasteiger partial charge in [-0.15, -0.1) is 0 Å². The summed E-state index contributed by atoms with van der Waals surface area (Å²) in [6.07, 6.45) is 0.311. The minimum Gasteiger partial charge on any atom is -0.480 e. The third-order valence-electron chi connectivity index (χ3n) is 3.60. The molecule has 4 heteroatoms. The van der Waals surface area contributed by atoms with Crippen LogP contribution in [0.2, 0.25) is 0 Å². The molecule has 1 unspecified atom stereocenters. The van der Waals surface area contributed by atoms with E-state index in [4.69, 9.17) is 10.8 Å². The molecule has 0 fully saturated rings. The Balaban J connectivity index is 1.93. The van der Waals surface area contributed by atoms with Crippen LogP contribution in [-0.2, 0) is 11.2 Å². The van der Waals surface area contributed by atoms with Crippen LogP contribution in [0.25, 0.3) is 22.2 Å². The summed E-state index contributed by atoms with van der Waals surface area (Å²) in [6.45, 7) is 0. The molecule has 3 N–H and O–H groups in total. The summed E-state index contributed by atoms with van der Waals surface area (Å²) in [6, 6.07) is 18.8. The highest BCUT2D eigenvalue weighted by molar-refractivity contribution is 5.82. The van der Waals surface area contributed by atoms with Crippen molar-refractivity contribution in [3.63, 3.8) is 0 Å². The van der Waals surface area contributed by atoms with Crippen molar-refractivity contribution in [3.8, 4) is 11.3 Å². The average Bonchev–Trinajstić information content (AvgIpc) is 2.55. The molecule has 0 aliphatic carbocycles. The van der Waals surface area contributed by atoms with E-state index < -0.39 is 12.0 Å². The number of hydrogen-bond acceptors (Lipinski definition) is 3. The van der Waals surface area contributed by atoms with Crippen molar-refractivity contribution < 1.29 is 9.90 Å². The number of carboxylic acid groups (broad SMARTS) is 1. The van der Waals surface area contributed by atoms with Gasteiger partial charge in [-0.3, -0.25) is 4.79 Å². The van der Waals surface area contributed by atoms with Gasteiger partial charge < -0.3 is 10.8 Å². The molecule has 3 rings (SSSR count). The van der Waals surface area contributed by atoms with E-state index in [0.29, 0.717) is 6.42 Å². The fourth-order valence-electron chi connectivity index (χ4n) is 2.41. The van der Waals surface area contributed by atoms with Crippen molar-refractivity contribution in [2.45, 2.75) is 12.5 Å². The summed E-state index contributed by atoms with van der Waals surface area (Å²) in [7, 11) is 0. The van der Waals surface area contributed by atoms with Crippen molar-refractivity contribution >= 4 is 16.9 Å². The molecule has 4 nitrogen and oxygen atoms in total. The van der Waals surface area contributed by atoms with Gasteiger partial charge in [-0.2, -0.15) is 0 Å². The molecule has 0 aliphatic rings. The van der Waals surface area contributed by atoms with E-state index in [1.54, 1.807) is 0 Å². The predicted molar refractivity (Wildman–Crippen MR) is 86.5 cm³/mol. The van der Waals surface area contributed by atoms with Crippen LogP contribution < -0.4 is 5.73 Å². The van der Waals surface area contributed by atoms with E-state index in [-0.39, 0.29) is 0 Å². The van der Waals surface area contributed by atoms with Crippen LogP contribution in [0.3, 0.4) is 0 Å². The number of aromatic nitrogens is 1. The molecule has 0 bridgehead atoms. The van der Waals surface area contributed by atoms with Crippen molar-refractivity contribution in [2.24, 2.45) is 5.73 Å². The highest BCUT2D eigenvalue weighted by Crippen LogP contribution is 2.22. The Labute approximate surface area is 128 Å². The zero-order valence-corrected chi connectivity index (χ0v) is 11.9. The fraction of sp³-hybridized carbons (Fsp3) is 0.111. The van der Waals surface area contributed by atoms with Crippen molar-refractivity contribution in [2.75, 3.05) is 0 Å². The van der Waals surface area contributed by atoms with E-state index in [1.807, 2.05) is 60.7 Å². The van der Waals surface area contributed by atoms with Gasteiger partial charge in [-0.25, -0.2) is 4.98 Å². The molecule has 0 saturated carbocycles. The number of hydrogen-bond donors (Lipinski definition) is 2. The molecule has 1 aromatic heterocycles. The van der Waals surface area contributed by atoms with Crippen molar-refractivity contribution in [3.05, 3.63) is 66.2 Å². The zero-order valence-electron chi connectivity index (χ0n) is 11.9. The first-order chi connectivity index (χ1) is 10.6. The van der Waals surface area contributed by atoms with Gasteiger partial charge in [0.05, 0.1) is 11.2 Å². The Hall–Kier alpha value is -2.72. The molecule has 0 spiro atoms. The average molecular weight is 292 g/mol. The molecule has 0 aliphatic heterocycles. The van der Waals surface area contributed by atoms with Crippen LogP contribution in [0.5, 0.6) is 0 Å². The van der Waals surface area contributed by atoms with Gasteiger partial charge in [0.2, 0.25) is 0 Å². The third-order valence-corrected chi connectivity index (χ3v) is 3.60. The lowest BCUT2D eigenvalue weighted by molar-refractivity contribution is -0.138. The maximum absolute atomic E-state index is 10.8. The Kier molecular flexibility index (Phi) is 3.85. The summed E-state index contributed by atoms with van der Waals surface area (Å²) < 4.78 is 0. The van der Waals surface area contributed by atoms with Gasteiger partial charge >= 0.3 is 5.97 Å². The summed E-state index contributed by atoms with van der Waals surface area (Å²) in [5, 5.41) is 9.86. The molecular formula is C18H16N2O2. The first-order valence-corrected chi connectivity index (χ1v) is 7.07. The Morgan fingerprint density at radius 3 is 2.59 bits per heavy atom. The van der Waals surface area contributed by atoms with Crippen LogP contribution in [-0.4, -0.2) is 22.1 Å². The maximum atomic E-state index is 10.8. The smallest absolute Gasteiger partial charge is 0.320 e. The molecule has 1 atom stereocenters. The van der Waals surface area contributed by atoms with Gasteiger partial charge in [0.25, 0.3) is 0 Å². The lowest BCUT2D eigenvalue weighted by Gasteiger charge is -2.08. The minimum absolute atomic E-state index is 0.311. The van der Waals surface area contributed by atoms with Crippen LogP contribution in [0.15, 0.2) is 60.7 Å². The van der Waals surface area contributed by atoms with Gasteiger partial charge in [0.1, 0.15) is 6.04 Å². The van der Waals surface area contributed by atoms with E-state index >= 15 is 0 Å². The second-order valence-electron chi connectivity index (χ2n) is 5.24. The first-order valence-electron chi connectivity index (χ1n) is 7.07. The SMILES string of the molecule is NC(Cc1ccc2nc(-c3ccccc3)ccc2c1)C(=O)O. The maximum Gasteiger partial charge on any atom is 0.320 e. The number of fused-ring (bicyclic) bond motifs is 1. The Morgan fingerprint density at radius 1 is 1.09 bits per heavy atom. The van der Waals surface area contributed by atoms with Crippen molar-refractivity contribution in [1.82, 2.24) is 4.98 Å². The van der Waals surface area contributed by atoms with E-state index in [0.717, 1.165) is 27.7 Å². The Morgan fingerprint density at radius 2 is 1.86 bits per heavy atom. The molecule has 1 heterocycles. The molecular weight excluding hydrogens is 276 g/mol. The number of nitrogens with two attached hydrogens (primary N) is 1. The van der Waals surface area contributed by atoms with Gasteiger partial charge in [0.15, 0.2) is 0 Å². The monoisotopic (exact) mass is 292 g/mol. The Bertz CT molecular complexity index is 816. The highest BCUT2D eigenvalue weighted by atomic mass is 16.4. The number of carbonyl (C=O) groups is 1. The largest absolute Gasteiger partial charge is 0.480 e. The standard InChI is InChI=1S/C18H16N2O2/c19-15(18(21)22)11-12-6-8-17-14(10-12)7-9-16(20-17)13-4-2-1-3-5-13/h1-10,15H,11,19H2,(H,21,22). The number of benzene rings is 2. The zero-order chi connectivity index (χ0) is 15.5. The number of nitrogens with zero attached hydrogens (tertiary/aromatic N) is 1. The summed E-state index contributed by atoms with van der Waals surface area (Å²) >= 11 is 0. The third kappa shape index (κ3) is 2.97. The molecule has 0 saturated heterocycles. The fourth-order valence-corrected chi connectivity index (χ4v) is 2.41. The summed E-state index contributed by atoms with van der Waals surface area (Å²) in [4.78, 5) is 15.5. The molecule has 0 amide bonds. The normalized spacial score (nSPS) is 12.2. The summed E-state index contributed by atoms with van der Waals surface area (Å²) in [5.74, 6) is -0.988. The van der Waals surface area contributed by atoms with E-state index in [1.165, 1.54) is 0 Å².